The molecule has 0 heteroatoms. The molecule has 0 bridgehead atoms. The molecule has 19 heavy (non-hydrogen) atoms. The number of benzene rings is 2. The highest BCUT2D eigenvalue weighted by Gasteiger charge is 2.17. The summed E-state index contributed by atoms with van der Waals surface area (Å²) < 4.78 is 0. The Morgan fingerprint density at radius 2 is 1.79 bits per heavy atom. The highest BCUT2D eigenvalue weighted by atomic mass is 14.2. The fourth-order valence-corrected chi connectivity index (χ4v) is 3.03. The number of allylic oxidation sites excluding steroid dienone is 1. The molecule has 0 aromatic heterocycles. The van der Waals surface area contributed by atoms with Crippen LogP contribution >= 0.6 is 0 Å². The second-order valence-corrected chi connectivity index (χ2v) is 5.45. The Balaban J connectivity index is 2.15. The molecule has 2 aromatic rings. The van der Waals surface area contributed by atoms with E-state index in [0.717, 1.165) is 6.42 Å². The highest BCUT2D eigenvalue weighted by molar-refractivity contribution is 5.81. The zero-order valence-electron chi connectivity index (χ0n) is 11.7. The molecule has 0 N–H and O–H groups in total. The summed E-state index contributed by atoms with van der Waals surface area (Å²) in [5.74, 6) is 0. The maximum Gasteiger partial charge on any atom is -0.00576 e. The van der Waals surface area contributed by atoms with Crippen molar-refractivity contribution in [2.75, 3.05) is 0 Å². The van der Waals surface area contributed by atoms with Gasteiger partial charge in [-0.2, -0.15) is 0 Å². The van der Waals surface area contributed by atoms with Crippen molar-refractivity contribution in [2.45, 2.75) is 33.1 Å². The van der Waals surface area contributed by atoms with Crippen LogP contribution in [0.5, 0.6) is 0 Å². The van der Waals surface area contributed by atoms with Crippen molar-refractivity contribution in [1.82, 2.24) is 0 Å². The van der Waals surface area contributed by atoms with E-state index in [4.69, 9.17) is 0 Å². The zero-order chi connectivity index (χ0) is 13.2. The molecule has 0 nitrogen and oxygen atoms in total. The smallest absolute Gasteiger partial charge is 0.00576 e. The third-order valence-corrected chi connectivity index (χ3v) is 3.90. The van der Waals surface area contributed by atoms with Crippen LogP contribution in [0.2, 0.25) is 0 Å². The van der Waals surface area contributed by atoms with Gasteiger partial charge in [-0.25, -0.2) is 0 Å². The molecule has 2 aromatic carbocycles. The number of hydrogen-bond donors (Lipinski definition) is 0. The Kier molecular flexibility index (Phi) is 3.25. The molecule has 0 atom stereocenters. The van der Waals surface area contributed by atoms with Gasteiger partial charge in [0.1, 0.15) is 0 Å². The third kappa shape index (κ3) is 2.23. The average Bonchev–Trinajstić information content (AvgIpc) is 2.82. The van der Waals surface area contributed by atoms with E-state index >= 15 is 0 Å². The molecule has 0 saturated heterocycles. The normalized spacial score (nSPS) is 13.3. The summed E-state index contributed by atoms with van der Waals surface area (Å²) in [6.45, 7) is 4.50. The second-order valence-electron chi connectivity index (χ2n) is 5.45. The molecule has 1 aliphatic rings. The zero-order valence-corrected chi connectivity index (χ0v) is 11.7. The van der Waals surface area contributed by atoms with Gasteiger partial charge in [0.25, 0.3) is 0 Å². The predicted molar refractivity (Wildman–Crippen MR) is 83.2 cm³/mol. The summed E-state index contributed by atoms with van der Waals surface area (Å²) >= 11 is 0. The molecular weight excluding hydrogens is 228 g/mol. The molecular formula is C19H20. The monoisotopic (exact) mass is 248 g/mol. The van der Waals surface area contributed by atoms with E-state index in [0.29, 0.717) is 0 Å². The van der Waals surface area contributed by atoms with Crippen LogP contribution in [0, 0.1) is 0 Å². The lowest BCUT2D eigenvalue weighted by Gasteiger charge is -2.13. The van der Waals surface area contributed by atoms with Crippen LogP contribution < -0.4 is 0 Å². The summed E-state index contributed by atoms with van der Waals surface area (Å²) in [6, 6.07) is 15.4. The first kappa shape index (κ1) is 12.2. The molecule has 0 fully saturated rings. The summed E-state index contributed by atoms with van der Waals surface area (Å²) in [7, 11) is 0. The lowest BCUT2D eigenvalue weighted by Crippen LogP contribution is -1.96. The molecule has 0 amide bonds. The van der Waals surface area contributed by atoms with Gasteiger partial charge in [-0.3, -0.25) is 0 Å². The van der Waals surface area contributed by atoms with E-state index in [-0.39, 0.29) is 0 Å². The van der Waals surface area contributed by atoms with Gasteiger partial charge >= 0.3 is 0 Å². The minimum absolute atomic E-state index is 1.13. The van der Waals surface area contributed by atoms with Gasteiger partial charge in [0.15, 0.2) is 0 Å². The number of rotatable bonds is 3. The summed E-state index contributed by atoms with van der Waals surface area (Å²) in [6.07, 6.45) is 5.91. The van der Waals surface area contributed by atoms with Crippen molar-refractivity contribution < 1.29 is 0 Å². The fraction of sp³-hybridized carbons (Fsp3) is 0.263. The molecule has 0 aliphatic heterocycles. The first-order valence-electron chi connectivity index (χ1n) is 7.17. The van der Waals surface area contributed by atoms with Gasteiger partial charge in [-0.05, 0) is 47.6 Å². The molecule has 0 saturated carbocycles. The SMILES string of the molecule is CCCc1ccc(-c2ccccc2)c2c1CC(C)=C2. The van der Waals surface area contributed by atoms with E-state index in [1.54, 1.807) is 5.56 Å². The van der Waals surface area contributed by atoms with Crippen molar-refractivity contribution in [2.24, 2.45) is 0 Å². The van der Waals surface area contributed by atoms with Crippen molar-refractivity contribution >= 4 is 6.08 Å². The second kappa shape index (κ2) is 5.05. The summed E-state index contributed by atoms with van der Waals surface area (Å²) in [5, 5.41) is 0. The average molecular weight is 248 g/mol. The Labute approximate surface area is 115 Å². The number of hydrogen-bond acceptors (Lipinski definition) is 0. The first-order valence-corrected chi connectivity index (χ1v) is 7.17. The lowest BCUT2D eigenvalue weighted by molar-refractivity contribution is 0.905. The third-order valence-electron chi connectivity index (χ3n) is 3.90. The highest BCUT2D eigenvalue weighted by Crippen LogP contribution is 2.36. The topological polar surface area (TPSA) is 0 Å². The first-order chi connectivity index (χ1) is 9.29. The quantitative estimate of drug-likeness (QED) is 0.694. The van der Waals surface area contributed by atoms with E-state index in [1.807, 2.05) is 0 Å². The van der Waals surface area contributed by atoms with Crippen LogP contribution in [-0.2, 0) is 12.8 Å². The number of aryl methyl sites for hydroxylation is 1. The lowest BCUT2D eigenvalue weighted by atomic mass is 9.92. The Morgan fingerprint density at radius 1 is 1.00 bits per heavy atom. The van der Waals surface area contributed by atoms with E-state index in [9.17, 15) is 0 Å². The van der Waals surface area contributed by atoms with Gasteiger partial charge in [-0.1, -0.05) is 67.5 Å². The summed E-state index contributed by atoms with van der Waals surface area (Å²) in [5.41, 5.74) is 8.73. The molecule has 1 aliphatic carbocycles. The van der Waals surface area contributed by atoms with E-state index < -0.39 is 0 Å². The Hall–Kier alpha value is -1.82. The van der Waals surface area contributed by atoms with Gasteiger partial charge < -0.3 is 0 Å². The van der Waals surface area contributed by atoms with Gasteiger partial charge in [-0.15, -0.1) is 0 Å². The molecule has 0 unspecified atom stereocenters. The van der Waals surface area contributed by atoms with Crippen molar-refractivity contribution in [3.8, 4) is 11.1 Å². The van der Waals surface area contributed by atoms with Gasteiger partial charge in [0, 0.05) is 0 Å². The van der Waals surface area contributed by atoms with Crippen LogP contribution in [0.3, 0.4) is 0 Å². The Bertz CT molecular complexity index is 618. The minimum Gasteiger partial charge on any atom is -0.0683 e. The van der Waals surface area contributed by atoms with E-state index in [2.05, 4.69) is 62.4 Å². The van der Waals surface area contributed by atoms with Gasteiger partial charge in [0.2, 0.25) is 0 Å². The van der Waals surface area contributed by atoms with Crippen LogP contribution in [0.15, 0.2) is 48.0 Å². The maximum absolute atomic E-state index is 2.37. The minimum atomic E-state index is 1.13. The van der Waals surface area contributed by atoms with Gasteiger partial charge in [0.05, 0.1) is 0 Å². The van der Waals surface area contributed by atoms with E-state index in [1.165, 1.54) is 40.7 Å². The number of fused-ring (bicyclic) bond motifs is 1. The molecule has 96 valence electrons. The van der Waals surface area contributed by atoms with Crippen LogP contribution in [0.4, 0.5) is 0 Å². The van der Waals surface area contributed by atoms with Crippen LogP contribution in [0.1, 0.15) is 37.0 Å². The molecule has 0 heterocycles. The molecule has 3 rings (SSSR count). The fourth-order valence-electron chi connectivity index (χ4n) is 3.03. The van der Waals surface area contributed by atoms with Crippen LogP contribution in [0.25, 0.3) is 17.2 Å². The Morgan fingerprint density at radius 3 is 2.53 bits per heavy atom. The predicted octanol–water partition coefficient (Wildman–Crippen LogP) is 5.27. The van der Waals surface area contributed by atoms with Crippen molar-refractivity contribution in [3.63, 3.8) is 0 Å². The van der Waals surface area contributed by atoms with Crippen molar-refractivity contribution in [3.05, 3.63) is 64.7 Å². The summed E-state index contributed by atoms with van der Waals surface area (Å²) in [4.78, 5) is 0. The standard InChI is InChI=1S/C19H20/c1-3-7-15-10-11-17(16-8-5-4-6-9-16)19-13-14(2)12-18(15)19/h4-6,8-11,13H,3,7,12H2,1-2H3. The van der Waals surface area contributed by atoms with Crippen LogP contribution in [-0.4, -0.2) is 0 Å². The largest absolute Gasteiger partial charge is 0.0683 e. The molecule has 0 radical (unpaired) electrons. The maximum atomic E-state index is 2.37. The van der Waals surface area contributed by atoms with Crippen molar-refractivity contribution in [1.29, 1.82) is 0 Å². The molecule has 0 spiro atoms.